The van der Waals surface area contributed by atoms with Crippen LogP contribution in [0.3, 0.4) is 0 Å². The molecule has 0 unspecified atom stereocenters. The summed E-state index contributed by atoms with van der Waals surface area (Å²) in [5.41, 5.74) is 1.84. The zero-order valence-electron chi connectivity index (χ0n) is 11.7. The van der Waals surface area contributed by atoms with Gasteiger partial charge in [0.15, 0.2) is 5.65 Å². The van der Waals surface area contributed by atoms with Gasteiger partial charge in [-0.1, -0.05) is 0 Å². The number of aryl methyl sites for hydroxylation is 1. The lowest BCUT2D eigenvalue weighted by molar-refractivity contribution is 0.312. The predicted octanol–water partition coefficient (Wildman–Crippen LogP) is 0.118. The van der Waals surface area contributed by atoms with Crippen molar-refractivity contribution in [3.05, 3.63) is 24.2 Å². The smallest absolute Gasteiger partial charge is 0.211 e. The molecule has 0 N–H and O–H groups in total. The molecule has 0 spiro atoms. The molecular formula is C12H17N5O2S. The van der Waals surface area contributed by atoms with E-state index in [4.69, 9.17) is 0 Å². The maximum atomic E-state index is 11.5. The highest BCUT2D eigenvalue weighted by molar-refractivity contribution is 7.88. The fraction of sp³-hybridized carbons (Fsp3) is 0.500. The van der Waals surface area contributed by atoms with Crippen LogP contribution in [0.4, 0.5) is 5.69 Å². The number of likely N-dealkylation sites (N-methyl/N-ethyl adjacent to an activating group) is 1. The summed E-state index contributed by atoms with van der Waals surface area (Å²) in [6.45, 7) is 3.25. The fourth-order valence-corrected chi connectivity index (χ4v) is 3.01. The van der Waals surface area contributed by atoms with Crippen LogP contribution < -0.4 is 4.90 Å². The van der Waals surface area contributed by atoms with Gasteiger partial charge in [0.1, 0.15) is 5.82 Å². The van der Waals surface area contributed by atoms with Gasteiger partial charge in [0.05, 0.1) is 24.2 Å². The molecule has 0 amide bonds. The third-order valence-electron chi connectivity index (χ3n) is 3.69. The first-order chi connectivity index (χ1) is 9.34. The number of hydrogen-bond acceptors (Lipinski definition) is 5. The van der Waals surface area contributed by atoms with Gasteiger partial charge in [-0.3, -0.25) is 0 Å². The molecular weight excluding hydrogens is 278 g/mol. The normalized spacial score (nSPS) is 16.9. The predicted molar refractivity (Wildman–Crippen MR) is 76.3 cm³/mol. The van der Waals surface area contributed by atoms with Gasteiger partial charge in [0, 0.05) is 20.1 Å². The zero-order chi connectivity index (χ0) is 14.5. The van der Waals surface area contributed by atoms with Crippen molar-refractivity contribution in [3.63, 3.8) is 0 Å². The molecule has 0 saturated carbocycles. The maximum Gasteiger partial charge on any atom is 0.211 e. The monoisotopic (exact) mass is 295 g/mol. The summed E-state index contributed by atoms with van der Waals surface area (Å²) < 4.78 is 26.1. The van der Waals surface area contributed by atoms with Crippen LogP contribution >= 0.6 is 0 Å². The molecule has 2 aromatic heterocycles. The van der Waals surface area contributed by atoms with E-state index in [-0.39, 0.29) is 6.04 Å². The van der Waals surface area contributed by atoms with Gasteiger partial charge in [-0.05, 0) is 19.1 Å². The molecule has 0 bridgehead atoms. The van der Waals surface area contributed by atoms with E-state index in [1.165, 1.54) is 10.6 Å². The van der Waals surface area contributed by atoms with E-state index in [0.717, 1.165) is 17.2 Å². The van der Waals surface area contributed by atoms with Gasteiger partial charge in [0.25, 0.3) is 0 Å². The van der Waals surface area contributed by atoms with Crippen molar-refractivity contribution in [3.8, 4) is 0 Å². The lowest BCUT2D eigenvalue weighted by Gasteiger charge is -2.44. The summed E-state index contributed by atoms with van der Waals surface area (Å²) in [6.07, 6.45) is 3.16. The Morgan fingerprint density at radius 2 is 2.05 bits per heavy atom. The van der Waals surface area contributed by atoms with Crippen LogP contribution in [-0.4, -0.2) is 59.8 Å². The van der Waals surface area contributed by atoms with Crippen molar-refractivity contribution in [2.45, 2.75) is 13.0 Å². The van der Waals surface area contributed by atoms with E-state index < -0.39 is 10.0 Å². The van der Waals surface area contributed by atoms with Gasteiger partial charge in [0.2, 0.25) is 10.0 Å². The Balaban J connectivity index is 1.75. The molecule has 0 radical (unpaired) electrons. The van der Waals surface area contributed by atoms with E-state index in [9.17, 15) is 8.42 Å². The number of rotatable bonds is 3. The van der Waals surface area contributed by atoms with Crippen LogP contribution in [0.25, 0.3) is 5.65 Å². The second-order valence-electron chi connectivity index (χ2n) is 5.19. The van der Waals surface area contributed by atoms with E-state index in [1.54, 1.807) is 11.6 Å². The molecule has 108 valence electrons. The van der Waals surface area contributed by atoms with Gasteiger partial charge in [-0.25, -0.2) is 17.9 Å². The zero-order valence-corrected chi connectivity index (χ0v) is 12.5. The Hall–Kier alpha value is -1.67. The standard InChI is InChI=1S/C12H17N5O2S/c1-9-13-12-5-4-10(8-17(12)14-9)16-6-11(7-16)15(2)20(3,18)19/h4-5,8,11H,6-7H2,1-3H3. The summed E-state index contributed by atoms with van der Waals surface area (Å²) >= 11 is 0. The van der Waals surface area contributed by atoms with Gasteiger partial charge in [-0.15, -0.1) is 0 Å². The summed E-state index contributed by atoms with van der Waals surface area (Å²) in [7, 11) is -1.49. The van der Waals surface area contributed by atoms with E-state index >= 15 is 0 Å². The van der Waals surface area contributed by atoms with Gasteiger partial charge in [-0.2, -0.15) is 9.40 Å². The highest BCUT2D eigenvalue weighted by Crippen LogP contribution is 2.24. The maximum absolute atomic E-state index is 11.5. The molecule has 1 saturated heterocycles. The lowest BCUT2D eigenvalue weighted by atomic mass is 10.1. The Morgan fingerprint density at radius 3 is 2.70 bits per heavy atom. The molecule has 0 aromatic carbocycles. The van der Waals surface area contributed by atoms with Crippen molar-refractivity contribution in [1.29, 1.82) is 0 Å². The first-order valence-electron chi connectivity index (χ1n) is 6.35. The number of hydrogen-bond donors (Lipinski definition) is 0. The molecule has 3 rings (SSSR count). The first-order valence-corrected chi connectivity index (χ1v) is 8.20. The third-order valence-corrected chi connectivity index (χ3v) is 5.03. The molecule has 7 nitrogen and oxygen atoms in total. The van der Waals surface area contributed by atoms with Gasteiger partial charge >= 0.3 is 0 Å². The van der Waals surface area contributed by atoms with Crippen LogP contribution in [0.1, 0.15) is 5.82 Å². The van der Waals surface area contributed by atoms with Crippen molar-refractivity contribution >= 4 is 21.4 Å². The molecule has 20 heavy (non-hydrogen) atoms. The molecule has 8 heteroatoms. The number of nitrogens with zero attached hydrogens (tertiary/aromatic N) is 5. The number of pyridine rings is 1. The highest BCUT2D eigenvalue weighted by Gasteiger charge is 2.34. The minimum Gasteiger partial charge on any atom is -0.367 e. The minimum absolute atomic E-state index is 0.0400. The Bertz CT molecular complexity index is 748. The van der Waals surface area contributed by atoms with E-state index in [0.29, 0.717) is 13.1 Å². The van der Waals surface area contributed by atoms with Crippen molar-refractivity contribution in [2.24, 2.45) is 0 Å². The highest BCUT2D eigenvalue weighted by atomic mass is 32.2. The van der Waals surface area contributed by atoms with Crippen LogP contribution in [0.5, 0.6) is 0 Å². The average molecular weight is 295 g/mol. The topological polar surface area (TPSA) is 70.8 Å². The molecule has 1 fully saturated rings. The fourth-order valence-electron chi connectivity index (χ4n) is 2.34. The SMILES string of the molecule is Cc1nc2ccc(N3CC(N(C)S(C)(=O)=O)C3)cn2n1. The number of aromatic nitrogens is 3. The van der Waals surface area contributed by atoms with E-state index in [1.807, 2.05) is 25.3 Å². The van der Waals surface area contributed by atoms with Crippen LogP contribution in [0.15, 0.2) is 18.3 Å². The summed E-state index contributed by atoms with van der Waals surface area (Å²) in [5, 5.41) is 4.28. The van der Waals surface area contributed by atoms with Crippen molar-refractivity contribution in [1.82, 2.24) is 18.9 Å². The molecule has 1 aliphatic rings. The molecule has 0 atom stereocenters. The Morgan fingerprint density at radius 1 is 1.35 bits per heavy atom. The summed E-state index contributed by atoms with van der Waals surface area (Å²) in [5.74, 6) is 0.737. The van der Waals surface area contributed by atoms with Crippen LogP contribution in [0.2, 0.25) is 0 Å². The number of sulfonamides is 1. The quantitative estimate of drug-likeness (QED) is 0.804. The van der Waals surface area contributed by atoms with E-state index in [2.05, 4.69) is 15.0 Å². The Kier molecular flexibility index (Phi) is 2.94. The largest absolute Gasteiger partial charge is 0.367 e. The second-order valence-corrected chi connectivity index (χ2v) is 7.23. The Labute approximate surface area is 117 Å². The molecule has 1 aliphatic heterocycles. The minimum atomic E-state index is -3.12. The van der Waals surface area contributed by atoms with Crippen molar-refractivity contribution < 1.29 is 8.42 Å². The molecule has 2 aromatic rings. The average Bonchev–Trinajstić information content (AvgIpc) is 2.65. The second kappa shape index (κ2) is 4.42. The summed E-state index contributed by atoms with van der Waals surface area (Å²) in [4.78, 5) is 6.41. The first kappa shape index (κ1) is 13.3. The van der Waals surface area contributed by atoms with Crippen molar-refractivity contribution in [2.75, 3.05) is 31.3 Å². The molecule has 3 heterocycles. The van der Waals surface area contributed by atoms with Crippen LogP contribution in [0, 0.1) is 6.92 Å². The number of anilines is 1. The van der Waals surface area contributed by atoms with Gasteiger partial charge < -0.3 is 4.90 Å². The number of fused-ring (bicyclic) bond motifs is 1. The third kappa shape index (κ3) is 2.25. The summed E-state index contributed by atoms with van der Waals surface area (Å²) in [6, 6.07) is 3.95. The molecule has 0 aliphatic carbocycles. The van der Waals surface area contributed by atoms with Crippen LogP contribution in [-0.2, 0) is 10.0 Å². The lowest BCUT2D eigenvalue weighted by Crippen LogP contribution is -2.59.